The summed E-state index contributed by atoms with van der Waals surface area (Å²) in [6, 6.07) is 4.66. The lowest BCUT2D eigenvalue weighted by atomic mass is 10.1. The number of hydrogen-bond donors (Lipinski definition) is 0. The third kappa shape index (κ3) is 3.18. The van der Waals surface area contributed by atoms with Gasteiger partial charge in [0.15, 0.2) is 0 Å². The van der Waals surface area contributed by atoms with Crippen LogP contribution in [0.15, 0.2) is 27.4 Å². The van der Waals surface area contributed by atoms with Crippen LogP contribution in [0.3, 0.4) is 0 Å². The van der Waals surface area contributed by atoms with Crippen LogP contribution in [-0.2, 0) is 20.9 Å². The molecule has 0 aliphatic rings. The topological polar surface area (TPSA) is 65.7 Å². The van der Waals surface area contributed by atoms with Crippen molar-refractivity contribution in [2.45, 2.75) is 13.5 Å². The second-order valence-electron chi connectivity index (χ2n) is 4.28. The molecule has 1 aromatic carbocycles. The Bertz CT molecular complexity index is 705. The molecule has 6 heteroatoms. The molecule has 0 spiro atoms. The van der Waals surface area contributed by atoms with Crippen molar-refractivity contribution in [3.63, 3.8) is 0 Å². The lowest BCUT2D eigenvalue weighted by molar-refractivity contribution is -0.149. The fourth-order valence-corrected chi connectivity index (χ4v) is 1.95. The molecule has 2 rings (SSSR count). The molecule has 0 amide bonds. The van der Waals surface area contributed by atoms with Crippen LogP contribution in [0.4, 0.5) is 0 Å². The van der Waals surface area contributed by atoms with Gasteiger partial charge < -0.3 is 13.9 Å². The maximum Gasteiger partial charge on any atom is 0.336 e. The second-order valence-corrected chi connectivity index (χ2v) is 4.69. The first-order valence-electron chi connectivity index (χ1n) is 5.88. The molecule has 5 nitrogen and oxygen atoms in total. The van der Waals surface area contributed by atoms with Crippen LogP contribution in [0.2, 0.25) is 5.02 Å². The molecule has 20 heavy (non-hydrogen) atoms. The Morgan fingerprint density at radius 2 is 2.10 bits per heavy atom. The Hall–Kier alpha value is -1.85. The summed E-state index contributed by atoms with van der Waals surface area (Å²) in [6.45, 7) is 1.63. The molecule has 1 aromatic heterocycles. The van der Waals surface area contributed by atoms with Gasteiger partial charge in [-0.2, -0.15) is 0 Å². The Morgan fingerprint density at radius 1 is 1.35 bits per heavy atom. The molecule has 0 radical (unpaired) electrons. The van der Waals surface area contributed by atoms with Crippen LogP contribution in [0, 0.1) is 6.92 Å². The zero-order valence-electron chi connectivity index (χ0n) is 11.1. The molecule has 1 heterocycles. The number of fused-ring (bicyclic) bond motifs is 1. The lowest BCUT2D eigenvalue weighted by Gasteiger charge is -2.08. The van der Waals surface area contributed by atoms with E-state index in [0.717, 1.165) is 5.56 Å². The average Bonchev–Trinajstić information content (AvgIpc) is 2.38. The summed E-state index contributed by atoms with van der Waals surface area (Å²) < 4.78 is 14.8. The van der Waals surface area contributed by atoms with E-state index in [0.29, 0.717) is 21.6 Å². The summed E-state index contributed by atoms with van der Waals surface area (Å²) in [5.41, 5.74) is 1.26. The number of benzene rings is 1. The van der Waals surface area contributed by atoms with Crippen LogP contribution < -0.4 is 5.63 Å². The van der Waals surface area contributed by atoms with Gasteiger partial charge in [0.25, 0.3) is 0 Å². The van der Waals surface area contributed by atoms with Gasteiger partial charge in [-0.25, -0.2) is 9.59 Å². The first-order chi connectivity index (χ1) is 9.51. The number of halogens is 1. The van der Waals surface area contributed by atoms with Crippen LogP contribution in [0.5, 0.6) is 0 Å². The SMILES string of the molecule is COCC(=O)OCc1cc(=O)oc2cc(C)c(Cl)cc12. The highest BCUT2D eigenvalue weighted by Crippen LogP contribution is 2.25. The van der Waals surface area contributed by atoms with Crippen molar-refractivity contribution in [1.82, 2.24) is 0 Å². The molecule has 2 aromatic rings. The van der Waals surface area contributed by atoms with Gasteiger partial charge in [-0.05, 0) is 24.6 Å². The van der Waals surface area contributed by atoms with Gasteiger partial charge in [0.2, 0.25) is 0 Å². The van der Waals surface area contributed by atoms with E-state index in [9.17, 15) is 9.59 Å². The summed E-state index contributed by atoms with van der Waals surface area (Å²) in [5, 5.41) is 1.20. The monoisotopic (exact) mass is 296 g/mol. The fourth-order valence-electron chi connectivity index (χ4n) is 1.79. The lowest BCUT2D eigenvalue weighted by Crippen LogP contribution is -2.12. The molecule has 0 saturated heterocycles. The number of esters is 1. The smallest absolute Gasteiger partial charge is 0.336 e. The molecule has 0 atom stereocenters. The van der Waals surface area contributed by atoms with E-state index in [2.05, 4.69) is 4.74 Å². The van der Waals surface area contributed by atoms with Crippen LogP contribution >= 0.6 is 11.6 Å². The maximum absolute atomic E-state index is 11.5. The molecular weight excluding hydrogens is 284 g/mol. The van der Waals surface area contributed by atoms with E-state index in [1.54, 1.807) is 12.1 Å². The zero-order chi connectivity index (χ0) is 14.7. The number of hydrogen-bond acceptors (Lipinski definition) is 5. The third-order valence-electron chi connectivity index (χ3n) is 2.76. The Kier molecular flexibility index (Phi) is 4.42. The van der Waals surface area contributed by atoms with Crippen molar-refractivity contribution < 1.29 is 18.7 Å². The molecule has 0 aliphatic heterocycles. The minimum Gasteiger partial charge on any atom is -0.459 e. The van der Waals surface area contributed by atoms with E-state index in [1.807, 2.05) is 6.92 Å². The minimum absolute atomic E-state index is 0.0380. The number of ether oxygens (including phenoxy) is 2. The number of carbonyl (C=O) groups excluding carboxylic acids is 1. The summed E-state index contributed by atoms with van der Waals surface area (Å²) in [4.78, 5) is 22.8. The van der Waals surface area contributed by atoms with Gasteiger partial charge in [-0.1, -0.05) is 11.6 Å². The van der Waals surface area contributed by atoms with Crippen molar-refractivity contribution in [3.8, 4) is 0 Å². The number of methoxy groups -OCH3 is 1. The van der Waals surface area contributed by atoms with Crippen LogP contribution in [0.1, 0.15) is 11.1 Å². The highest BCUT2D eigenvalue weighted by molar-refractivity contribution is 6.32. The largest absolute Gasteiger partial charge is 0.459 e. The molecule has 0 aliphatic carbocycles. The van der Waals surface area contributed by atoms with Crippen LogP contribution in [0.25, 0.3) is 11.0 Å². The average molecular weight is 297 g/mol. The van der Waals surface area contributed by atoms with Gasteiger partial charge in [-0.3, -0.25) is 0 Å². The zero-order valence-corrected chi connectivity index (χ0v) is 11.8. The van der Waals surface area contributed by atoms with Crippen LogP contribution in [-0.4, -0.2) is 19.7 Å². The second kappa shape index (κ2) is 6.07. The van der Waals surface area contributed by atoms with Gasteiger partial charge in [0.1, 0.15) is 18.8 Å². The Morgan fingerprint density at radius 3 is 2.80 bits per heavy atom. The molecule has 0 fully saturated rings. The van der Waals surface area contributed by atoms with Gasteiger partial charge in [0, 0.05) is 29.1 Å². The summed E-state index contributed by atoms with van der Waals surface area (Å²) in [5.74, 6) is -0.507. The Labute approximate surface area is 120 Å². The number of carbonyl (C=O) groups is 1. The maximum atomic E-state index is 11.5. The van der Waals surface area contributed by atoms with Gasteiger partial charge in [0.05, 0.1) is 0 Å². The molecular formula is C14H13ClO5. The molecule has 0 unspecified atom stereocenters. The van der Waals surface area contributed by atoms with Crippen molar-refractivity contribution in [3.05, 3.63) is 44.8 Å². The minimum atomic E-state index is -0.507. The van der Waals surface area contributed by atoms with Crippen molar-refractivity contribution in [2.24, 2.45) is 0 Å². The standard InChI is InChI=1S/C14H13ClO5/c1-8-3-12-10(5-11(8)15)9(4-13(16)20-12)6-19-14(17)7-18-2/h3-5H,6-7H2,1-2H3. The first-order valence-corrected chi connectivity index (χ1v) is 6.26. The van der Waals surface area contributed by atoms with Gasteiger partial charge >= 0.3 is 11.6 Å². The van der Waals surface area contributed by atoms with Crippen molar-refractivity contribution in [1.29, 1.82) is 0 Å². The predicted octanol–water partition coefficient (Wildman–Crippen LogP) is 2.44. The van der Waals surface area contributed by atoms with E-state index in [4.69, 9.17) is 20.8 Å². The number of rotatable bonds is 4. The molecule has 0 N–H and O–H groups in total. The van der Waals surface area contributed by atoms with E-state index in [1.165, 1.54) is 13.2 Å². The highest BCUT2D eigenvalue weighted by Gasteiger charge is 2.10. The predicted molar refractivity (Wildman–Crippen MR) is 73.9 cm³/mol. The summed E-state index contributed by atoms with van der Waals surface area (Å²) in [7, 11) is 1.40. The third-order valence-corrected chi connectivity index (χ3v) is 3.17. The van der Waals surface area contributed by atoms with E-state index < -0.39 is 11.6 Å². The molecule has 106 valence electrons. The summed E-state index contributed by atoms with van der Waals surface area (Å²) in [6.07, 6.45) is 0. The first kappa shape index (κ1) is 14.6. The normalized spacial score (nSPS) is 10.8. The Balaban J connectivity index is 2.39. The van der Waals surface area contributed by atoms with Gasteiger partial charge in [-0.15, -0.1) is 0 Å². The molecule has 0 saturated carbocycles. The van der Waals surface area contributed by atoms with Crippen molar-refractivity contribution in [2.75, 3.05) is 13.7 Å². The molecule has 0 bridgehead atoms. The quantitative estimate of drug-likeness (QED) is 0.640. The van der Waals surface area contributed by atoms with E-state index >= 15 is 0 Å². The van der Waals surface area contributed by atoms with Crippen molar-refractivity contribution >= 4 is 28.5 Å². The number of aryl methyl sites for hydroxylation is 1. The summed E-state index contributed by atoms with van der Waals surface area (Å²) >= 11 is 6.06. The van der Waals surface area contributed by atoms with E-state index in [-0.39, 0.29) is 13.2 Å². The highest BCUT2D eigenvalue weighted by atomic mass is 35.5. The fraction of sp³-hybridized carbons (Fsp3) is 0.286.